The van der Waals surface area contributed by atoms with Crippen LogP contribution in [0.15, 0.2) is 85.7 Å². The van der Waals surface area contributed by atoms with Crippen LogP contribution in [0.2, 0.25) is 5.02 Å². The molecule has 0 spiro atoms. The quantitative estimate of drug-likeness (QED) is 0.192. The second-order valence-electron chi connectivity index (χ2n) is 10.1. The molecule has 0 saturated carbocycles. The lowest BCUT2D eigenvalue weighted by Gasteiger charge is -2.25. The minimum atomic E-state index is -0.277. The first-order valence-electron chi connectivity index (χ1n) is 13.8. The lowest BCUT2D eigenvalue weighted by molar-refractivity contribution is -0.116. The van der Waals surface area contributed by atoms with E-state index in [0.29, 0.717) is 52.8 Å². The molecule has 5 rings (SSSR count). The molecule has 218 valence electrons. The lowest BCUT2D eigenvalue weighted by Crippen LogP contribution is -2.32. The summed E-state index contributed by atoms with van der Waals surface area (Å²) in [6.45, 7) is 4.50. The van der Waals surface area contributed by atoms with E-state index in [1.807, 2.05) is 36.2 Å². The molecule has 0 saturated heterocycles. The van der Waals surface area contributed by atoms with Crippen molar-refractivity contribution in [2.45, 2.75) is 25.6 Å². The van der Waals surface area contributed by atoms with Gasteiger partial charge in [-0.3, -0.25) is 9.78 Å². The number of hydrogen-bond donors (Lipinski definition) is 1. The van der Waals surface area contributed by atoms with Gasteiger partial charge in [-0.2, -0.15) is 5.26 Å². The van der Waals surface area contributed by atoms with E-state index in [1.54, 1.807) is 36.5 Å². The molecule has 1 aromatic heterocycles. The number of hydrogen-bond acceptors (Lipinski definition) is 6. The number of anilines is 1. The molecule has 1 amide bonds. The van der Waals surface area contributed by atoms with Crippen LogP contribution in [-0.4, -0.2) is 31.0 Å². The van der Waals surface area contributed by atoms with E-state index < -0.39 is 0 Å². The summed E-state index contributed by atoms with van der Waals surface area (Å²) >= 11 is 6.78. The summed E-state index contributed by atoms with van der Waals surface area (Å²) in [6, 6.07) is 20.0. The summed E-state index contributed by atoms with van der Waals surface area (Å²) in [4.78, 5) is 17.7. The van der Waals surface area contributed by atoms with Crippen LogP contribution in [0.3, 0.4) is 0 Å². The number of pyridine rings is 1. The Morgan fingerprint density at radius 1 is 1.19 bits per heavy atom. The second-order valence-corrected chi connectivity index (χ2v) is 10.6. The maximum absolute atomic E-state index is 14.6. The number of carbonyl (C=O) groups excluding carboxylic acids is 1. The maximum Gasteiger partial charge on any atom is 0.243 e. The van der Waals surface area contributed by atoms with Crippen molar-refractivity contribution in [3.63, 3.8) is 0 Å². The number of likely N-dealkylation sites (N-methyl/N-ethyl adjacent to an activating group) is 1. The third-order valence-corrected chi connectivity index (χ3v) is 7.62. The second kappa shape index (κ2) is 13.4. The summed E-state index contributed by atoms with van der Waals surface area (Å²) < 4.78 is 27.4. The van der Waals surface area contributed by atoms with Gasteiger partial charge in [0.05, 0.1) is 16.3 Å². The van der Waals surface area contributed by atoms with Crippen molar-refractivity contribution < 1.29 is 18.7 Å². The monoisotopic (exact) mass is 596 g/mol. The zero-order chi connectivity index (χ0) is 30.3. The predicted molar refractivity (Wildman–Crippen MR) is 165 cm³/mol. The average molecular weight is 597 g/mol. The minimum absolute atomic E-state index is 0.163. The number of nitrogens with zero attached hydrogens (tertiary/aromatic N) is 3. The van der Waals surface area contributed by atoms with Gasteiger partial charge in [0.2, 0.25) is 5.91 Å². The van der Waals surface area contributed by atoms with Crippen molar-refractivity contribution in [2.75, 3.05) is 25.0 Å². The van der Waals surface area contributed by atoms with Gasteiger partial charge in [-0.15, -0.1) is 0 Å². The van der Waals surface area contributed by atoms with Gasteiger partial charge in [0.15, 0.2) is 0 Å². The molecule has 1 atom stereocenters. The van der Waals surface area contributed by atoms with E-state index in [1.165, 1.54) is 18.3 Å². The Labute approximate surface area is 255 Å². The highest BCUT2D eigenvalue weighted by Gasteiger charge is 2.28. The number of aromatic nitrogens is 1. The van der Waals surface area contributed by atoms with Crippen LogP contribution in [0, 0.1) is 17.1 Å². The fraction of sp³-hybridized carbons (Fsp3) is 0.206. The van der Waals surface area contributed by atoms with E-state index in [-0.39, 0.29) is 24.4 Å². The molecule has 0 unspecified atom stereocenters. The first-order valence-corrected chi connectivity index (χ1v) is 14.2. The molecule has 0 bridgehead atoms. The van der Waals surface area contributed by atoms with Crippen LogP contribution in [0.5, 0.6) is 11.5 Å². The van der Waals surface area contributed by atoms with E-state index in [9.17, 15) is 14.4 Å². The van der Waals surface area contributed by atoms with Gasteiger partial charge in [-0.1, -0.05) is 54.6 Å². The Morgan fingerprint density at radius 3 is 2.79 bits per heavy atom. The molecule has 1 N–H and O–H groups in total. The smallest absolute Gasteiger partial charge is 0.243 e. The van der Waals surface area contributed by atoms with Gasteiger partial charge in [0, 0.05) is 49.7 Å². The molecular weight excluding hydrogens is 567 g/mol. The molecule has 9 heteroatoms. The van der Waals surface area contributed by atoms with Crippen LogP contribution >= 0.6 is 11.6 Å². The van der Waals surface area contributed by atoms with E-state index in [0.717, 1.165) is 28.7 Å². The van der Waals surface area contributed by atoms with Gasteiger partial charge in [-0.05, 0) is 53.8 Å². The number of ether oxygens (including phenoxy) is 2. The predicted octanol–water partition coefficient (Wildman–Crippen LogP) is 6.80. The summed E-state index contributed by atoms with van der Waals surface area (Å²) in [7, 11) is 1.87. The largest absolute Gasteiger partial charge is 0.487 e. The van der Waals surface area contributed by atoms with Crippen molar-refractivity contribution in [1.82, 2.24) is 10.3 Å². The van der Waals surface area contributed by atoms with Gasteiger partial charge in [0.1, 0.15) is 36.1 Å². The highest BCUT2D eigenvalue weighted by Crippen LogP contribution is 2.44. The SMILES string of the molecule is C=CC(=O)NCCN(C)c1cc(Cl)c(O[C@H]2CCc3c(-c4ccccc4F)cccc32)cc1OCc1cncc(C#N)c1. The Kier molecular flexibility index (Phi) is 9.23. The number of nitriles is 1. The van der Waals surface area contributed by atoms with Crippen molar-refractivity contribution in [3.05, 3.63) is 119 Å². The first kappa shape index (κ1) is 29.6. The van der Waals surface area contributed by atoms with Gasteiger partial charge in [-0.25, -0.2) is 4.39 Å². The highest BCUT2D eigenvalue weighted by atomic mass is 35.5. The molecule has 7 nitrogen and oxygen atoms in total. The fourth-order valence-corrected chi connectivity index (χ4v) is 5.38. The van der Waals surface area contributed by atoms with Gasteiger partial charge in [0.25, 0.3) is 0 Å². The molecule has 3 aromatic carbocycles. The lowest BCUT2D eigenvalue weighted by atomic mass is 9.96. The number of nitrogens with one attached hydrogen (secondary N) is 1. The third kappa shape index (κ3) is 6.79. The number of rotatable bonds is 11. The average Bonchev–Trinajstić information content (AvgIpc) is 3.44. The topological polar surface area (TPSA) is 87.5 Å². The van der Waals surface area contributed by atoms with Crippen molar-refractivity contribution in [2.24, 2.45) is 0 Å². The molecule has 1 aliphatic rings. The van der Waals surface area contributed by atoms with E-state index >= 15 is 0 Å². The normalized spacial score (nSPS) is 13.5. The zero-order valence-electron chi connectivity index (χ0n) is 23.6. The fourth-order valence-electron chi connectivity index (χ4n) is 5.18. The summed E-state index contributed by atoms with van der Waals surface area (Å²) in [5.41, 5.74) is 5.36. The molecule has 43 heavy (non-hydrogen) atoms. The van der Waals surface area contributed by atoms with Crippen LogP contribution < -0.4 is 19.7 Å². The van der Waals surface area contributed by atoms with Crippen LogP contribution in [-0.2, 0) is 17.8 Å². The molecule has 0 radical (unpaired) electrons. The maximum atomic E-state index is 14.6. The highest BCUT2D eigenvalue weighted by molar-refractivity contribution is 6.32. The molecular formula is C34H30ClFN4O3. The van der Waals surface area contributed by atoms with Crippen LogP contribution in [0.1, 0.15) is 34.8 Å². The van der Waals surface area contributed by atoms with Gasteiger partial charge >= 0.3 is 0 Å². The van der Waals surface area contributed by atoms with E-state index in [4.69, 9.17) is 21.1 Å². The number of carbonyl (C=O) groups is 1. The zero-order valence-corrected chi connectivity index (χ0v) is 24.4. The Bertz CT molecular complexity index is 1700. The Balaban J connectivity index is 1.42. The van der Waals surface area contributed by atoms with Gasteiger partial charge < -0.3 is 19.7 Å². The van der Waals surface area contributed by atoms with Crippen molar-refractivity contribution >= 4 is 23.2 Å². The molecule has 0 aliphatic heterocycles. The summed E-state index contributed by atoms with van der Waals surface area (Å²) in [5.74, 6) is 0.445. The summed E-state index contributed by atoms with van der Waals surface area (Å²) in [6.07, 6.45) is 5.54. The Morgan fingerprint density at radius 2 is 2.00 bits per heavy atom. The standard InChI is InChI=1S/C34H30ClFN4O3/c1-3-34(41)39-13-14-40(2)30-16-28(35)32(17-33(30)42-21-23-15-22(18-37)19-38-20-23)43-31-12-11-25-24(8-6-9-27(25)31)26-7-4-5-10-29(26)36/h3-10,15-17,19-20,31H,1,11-14,21H2,2H3,(H,39,41)/t31-/m0/s1. The van der Waals surface area contributed by atoms with Crippen molar-refractivity contribution in [1.29, 1.82) is 5.26 Å². The first-order chi connectivity index (χ1) is 20.9. The molecule has 1 heterocycles. The number of halogens is 2. The van der Waals surface area contributed by atoms with E-state index in [2.05, 4.69) is 22.9 Å². The number of benzene rings is 3. The number of amides is 1. The molecule has 4 aromatic rings. The van der Waals surface area contributed by atoms with Crippen LogP contribution in [0.25, 0.3) is 11.1 Å². The minimum Gasteiger partial charge on any atom is -0.487 e. The molecule has 0 fully saturated rings. The molecule has 1 aliphatic carbocycles. The Hall–Kier alpha value is -4.87. The number of fused-ring (bicyclic) bond motifs is 1. The van der Waals surface area contributed by atoms with Crippen LogP contribution in [0.4, 0.5) is 10.1 Å². The van der Waals surface area contributed by atoms with Crippen molar-refractivity contribution in [3.8, 4) is 28.7 Å². The summed E-state index contributed by atoms with van der Waals surface area (Å²) in [5, 5.41) is 12.4. The third-order valence-electron chi connectivity index (χ3n) is 7.32.